The zero-order valence-electron chi connectivity index (χ0n) is 6.92. The number of nitrogens with zero attached hydrogens (tertiary/aromatic N) is 2. The Balaban J connectivity index is 2.83. The van der Waals surface area contributed by atoms with Gasteiger partial charge in [0, 0.05) is 12.2 Å². The molecular weight excluding hydrogens is 160 g/mol. The number of rotatable bonds is 3. The second-order valence-corrected chi connectivity index (χ2v) is 2.95. The van der Waals surface area contributed by atoms with E-state index in [-0.39, 0.29) is 0 Å². The minimum absolute atomic E-state index is 0.506. The van der Waals surface area contributed by atoms with Gasteiger partial charge in [-0.05, 0) is 13.3 Å². The molecule has 1 atom stereocenters. The van der Waals surface area contributed by atoms with Gasteiger partial charge < -0.3 is 4.57 Å². The van der Waals surface area contributed by atoms with Gasteiger partial charge in [0.25, 0.3) is 0 Å². The first-order valence-corrected chi connectivity index (χ1v) is 4.39. The number of hydrogen-bond donors (Lipinski definition) is 0. The maximum atomic E-state index is 5.71. The fraction of sp³-hybridized carbons (Fsp3) is 0.625. The molecule has 0 radical (unpaired) electrons. The van der Waals surface area contributed by atoms with Gasteiger partial charge in [0.15, 0.2) is 0 Å². The molecule has 1 aromatic rings. The lowest BCUT2D eigenvalue weighted by atomic mass is 10.2. The van der Waals surface area contributed by atoms with Crippen LogP contribution in [-0.4, -0.2) is 9.55 Å². The second kappa shape index (κ2) is 3.77. The fourth-order valence-corrected chi connectivity index (χ4v) is 1.24. The van der Waals surface area contributed by atoms with Gasteiger partial charge in [0.05, 0.1) is 17.9 Å². The van der Waals surface area contributed by atoms with E-state index in [0.717, 1.165) is 12.1 Å². The molecule has 0 bridgehead atoms. The zero-order chi connectivity index (χ0) is 8.27. The van der Waals surface area contributed by atoms with Crippen LogP contribution in [0, 0.1) is 0 Å². The summed E-state index contributed by atoms with van der Waals surface area (Å²) in [6.45, 7) is 4.32. The van der Waals surface area contributed by atoms with Crippen molar-refractivity contribution in [2.75, 3.05) is 0 Å². The van der Waals surface area contributed by atoms with Crippen LogP contribution in [0.4, 0.5) is 0 Å². The molecule has 0 N–H and O–H groups in total. The van der Waals surface area contributed by atoms with E-state index in [4.69, 9.17) is 11.6 Å². The minimum Gasteiger partial charge on any atom is -0.331 e. The van der Waals surface area contributed by atoms with E-state index in [1.807, 2.05) is 12.5 Å². The van der Waals surface area contributed by atoms with E-state index in [2.05, 4.69) is 23.4 Å². The molecule has 0 aliphatic heterocycles. The van der Waals surface area contributed by atoms with Gasteiger partial charge in [-0.3, -0.25) is 0 Å². The van der Waals surface area contributed by atoms with E-state index < -0.39 is 0 Å². The Morgan fingerprint density at radius 1 is 1.73 bits per heavy atom. The smallest absolute Gasteiger partial charge is 0.0951 e. The zero-order valence-corrected chi connectivity index (χ0v) is 7.67. The van der Waals surface area contributed by atoms with Gasteiger partial charge in [-0.2, -0.15) is 0 Å². The van der Waals surface area contributed by atoms with Crippen molar-refractivity contribution < 1.29 is 0 Å². The predicted octanol–water partition coefficient (Wildman–Crippen LogP) is 2.59. The standard InChI is InChI=1S/C8H13ClN2/c1-3-7(2)11-6-10-5-8(11)4-9/h5-7H,3-4H2,1-2H3. The van der Waals surface area contributed by atoms with Crippen LogP contribution in [0.3, 0.4) is 0 Å². The Labute approximate surface area is 72.2 Å². The van der Waals surface area contributed by atoms with Crippen LogP contribution < -0.4 is 0 Å². The summed E-state index contributed by atoms with van der Waals surface area (Å²) in [5.74, 6) is 0.546. The molecule has 0 aliphatic carbocycles. The summed E-state index contributed by atoms with van der Waals surface area (Å²) >= 11 is 5.71. The lowest BCUT2D eigenvalue weighted by molar-refractivity contribution is 0.518. The molecule has 1 heterocycles. The average molecular weight is 173 g/mol. The van der Waals surface area contributed by atoms with Crippen molar-refractivity contribution in [3.63, 3.8) is 0 Å². The van der Waals surface area contributed by atoms with Gasteiger partial charge in [0.1, 0.15) is 0 Å². The molecule has 11 heavy (non-hydrogen) atoms. The highest BCUT2D eigenvalue weighted by atomic mass is 35.5. The van der Waals surface area contributed by atoms with Crippen LogP contribution in [-0.2, 0) is 5.88 Å². The maximum absolute atomic E-state index is 5.71. The summed E-state index contributed by atoms with van der Waals surface area (Å²) in [7, 11) is 0. The molecule has 0 aliphatic rings. The van der Waals surface area contributed by atoms with Gasteiger partial charge in [0.2, 0.25) is 0 Å². The summed E-state index contributed by atoms with van der Waals surface area (Å²) in [5.41, 5.74) is 1.10. The maximum Gasteiger partial charge on any atom is 0.0951 e. The highest BCUT2D eigenvalue weighted by molar-refractivity contribution is 6.16. The van der Waals surface area contributed by atoms with E-state index >= 15 is 0 Å². The molecule has 62 valence electrons. The Morgan fingerprint density at radius 2 is 2.45 bits per heavy atom. The number of hydrogen-bond acceptors (Lipinski definition) is 1. The topological polar surface area (TPSA) is 17.8 Å². The van der Waals surface area contributed by atoms with Gasteiger partial charge in [-0.25, -0.2) is 4.98 Å². The summed E-state index contributed by atoms with van der Waals surface area (Å²) < 4.78 is 2.12. The highest BCUT2D eigenvalue weighted by Gasteiger charge is 2.05. The Bertz CT molecular complexity index is 220. The summed E-state index contributed by atoms with van der Waals surface area (Å²) in [5, 5.41) is 0. The molecule has 3 heteroatoms. The molecular formula is C8H13ClN2. The lowest BCUT2D eigenvalue weighted by Gasteiger charge is -2.12. The van der Waals surface area contributed by atoms with Crippen LogP contribution in [0.5, 0.6) is 0 Å². The SMILES string of the molecule is CCC(C)n1cncc1CCl. The van der Waals surface area contributed by atoms with Crippen LogP contribution in [0.2, 0.25) is 0 Å². The largest absolute Gasteiger partial charge is 0.331 e. The van der Waals surface area contributed by atoms with Crippen molar-refractivity contribution in [3.8, 4) is 0 Å². The van der Waals surface area contributed by atoms with Crippen molar-refractivity contribution in [2.45, 2.75) is 32.2 Å². The van der Waals surface area contributed by atoms with Crippen LogP contribution in [0.25, 0.3) is 0 Å². The van der Waals surface area contributed by atoms with E-state index in [0.29, 0.717) is 11.9 Å². The highest BCUT2D eigenvalue weighted by Crippen LogP contribution is 2.14. The monoisotopic (exact) mass is 172 g/mol. The van der Waals surface area contributed by atoms with Crippen molar-refractivity contribution in [3.05, 3.63) is 18.2 Å². The summed E-state index contributed by atoms with van der Waals surface area (Å²) in [6.07, 6.45) is 4.77. The molecule has 0 fully saturated rings. The molecule has 2 nitrogen and oxygen atoms in total. The first-order valence-electron chi connectivity index (χ1n) is 3.86. The van der Waals surface area contributed by atoms with Gasteiger partial charge in [-0.15, -0.1) is 11.6 Å². The van der Waals surface area contributed by atoms with Crippen LogP contribution in [0.15, 0.2) is 12.5 Å². The van der Waals surface area contributed by atoms with Crippen molar-refractivity contribution in [1.82, 2.24) is 9.55 Å². The van der Waals surface area contributed by atoms with Crippen LogP contribution in [0.1, 0.15) is 32.0 Å². The quantitative estimate of drug-likeness (QED) is 0.641. The van der Waals surface area contributed by atoms with Gasteiger partial charge in [-0.1, -0.05) is 6.92 Å². The number of aromatic nitrogens is 2. The number of halogens is 1. The Hall–Kier alpha value is -0.500. The molecule has 1 unspecified atom stereocenters. The van der Waals surface area contributed by atoms with E-state index in [1.54, 1.807) is 0 Å². The van der Waals surface area contributed by atoms with Gasteiger partial charge >= 0.3 is 0 Å². The number of alkyl halides is 1. The lowest BCUT2D eigenvalue weighted by Crippen LogP contribution is -2.05. The second-order valence-electron chi connectivity index (χ2n) is 2.68. The fourth-order valence-electron chi connectivity index (χ4n) is 1.03. The Morgan fingerprint density at radius 3 is 3.00 bits per heavy atom. The average Bonchev–Trinajstić information content (AvgIpc) is 2.50. The van der Waals surface area contributed by atoms with Crippen molar-refractivity contribution in [2.24, 2.45) is 0 Å². The van der Waals surface area contributed by atoms with E-state index in [9.17, 15) is 0 Å². The summed E-state index contributed by atoms with van der Waals surface area (Å²) in [6, 6.07) is 0.506. The summed E-state index contributed by atoms with van der Waals surface area (Å²) in [4.78, 5) is 4.04. The molecule has 1 aromatic heterocycles. The molecule has 0 spiro atoms. The third-order valence-electron chi connectivity index (χ3n) is 1.95. The molecule has 1 rings (SSSR count). The molecule has 0 saturated heterocycles. The third-order valence-corrected chi connectivity index (χ3v) is 2.22. The first-order chi connectivity index (χ1) is 5.29. The molecule has 0 amide bonds. The first kappa shape index (κ1) is 8.60. The minimum atomic E-state index is 0.506. The van der Waals surface area contributed by atoms with Crippen LogP contribution >= 0.6 is 11.6 Å². The van der Waals surface area contributed by atoms with Crippen molar-refractivity contribution >= 4 is 11.6 Å². The van der Waals surface area contributed by atoms with Crippen molar-refractivity contribution in [1.29, 1.82) is 0 Å². The molecule has 0 saturated carbocycles. The normalized spacial score (nSPS) is 13.4. The predicted molar refractivity (Wildman–Crippen MR) is 46.8 cm³/mol. The van der Waals surface area contributed by atoms with E-state index in [1.165, 1.54) is 0 Å². The Kier molecular flexibility index (Phi) is 2.94. The third kappa shape index (κ3) is 1.74. The number of imidazole rings is 1. The molecule has 0 aromatic carbocycles.